The van der Waals surface area contributed by atoms with Crippen molar-refractivity contribution in [2.45, 2.75) is 44.4 Å². The minimum absolute atomic E-state index is 0.0591. The molecule has 1 unspecified atom stereocenters. The van der Waals surface area contributed by atoms with Crippen LogP contribution < -0.4 is 0 Å². The Hall–Kier alpha value is -1.04. The topological polar surface area (TPSA) is 39.6 Å². The Labute approximate surface area is 118 Å². The number of halogens is 1. The number of hydrogen-bond acceptors (Lipinski definition) is 4. The first-order valence-electron chi connectivity index (χ1n) is 7.51. The molecule has 4 nitrogen and oxygen atoms in total. The summed E-state index contributed by atoms with van der Waals surface area (Å²) in [5, 5.41) is 15.2. The van der Waals surface area contributed by atoms with Crippen molar-refractivity contribution in [3.63, 3.8) is 0 Å². The number of hydrazine groups is 1. The van der Waals surface area contributed by atoms with Gasteiger partial charge in [-0.15, -0.1) is 0 Å². The van der Waals surface area contributed by atoms with Crippen molar-refractivity contribution in [2.75, 3.05) is 13.1 Å². The van der Waals surface area contributed by atoms with Gasteiger partial charge in [-0.05, 0) is 43.7 Å². The highest BCUT2D eigenvalue weighted by Crippen LogP contribution is 2.56. The van der Waals surface area contributed by atoms with Gasteiger partial charge in [0.15, 0.2) is 0 Å². The molecule has 1 saturated carbocycles. The molecule has 20 heavy (non-hydrogen) atoms. The molecule has 1 N–H and O–H groups in total. The molecule has 0 bridgehead atoms. The smallest absolute Gasteiger partial charge is 0.141 e. The van der Waals surface area contributed by atoms with Crippen LogP contribution in [0, 0.1) is 11.2 Å². The van der Waals surface area contributed by atoms with E-state index in [-0.39, 0.29) is 17.3 Å². The first-order chi connectivity index (χ1) is 9.70. The van der Waals surface area contributed by atoms with Crippen LogP contribution in [0.1, 0.15) is 43.7 Å². The fraction of sp³-hybridized carbons (Fsp3) is 0.667. The second-order valence-corrected chi connectivity index (χ2v) is 6.41. The summed E-state index contributed by atoms with van der Waals surface area (Å²) in [4.78, 5) is 3.97. The maximum atomic E-state index is 13.4. The molecule has 0 amide bonds. The molecule has 4 rings (SSSR count). The minimum Gasteiger partial charge on any atom is -0.377 e. The maximum absolute atomic E-state index is 13.4. The van der Waals surface area contributed by atoms with E-state index in [9.17, 15) is 9.50 Å². The summed E-state index contributed by atoms with van der Waals surface area (Å²) in [6.45, 7) is 1.94. The number of aliphatic hydroxyl groups is 1. The van der Waals surface area contributed by atoms with E-state index in [1.165, 1.54) is 6.20 Å². The molecule has 2 saturated heterocycles. The number of aliphatic hydroxyl groups excluding tert-OH is 1. The molecule has 3 fully saturated rings. The van der Waals surface area contributed by atoms with Crippen LogP contribution in [0.25, 0.3) is 0 Å². The maximum Gasteiger partial charge on any atom is 0.141 e. The van der Waals surface area contributed by atoms with E-state index in [4.69, 9.17) is 0 Å². The lowest BCUT2D eigenvalue weighted by Gasteiger charge is -2.37. The van der Waals surface area contributed by atoms with Crippen molar-refractivity contribution >= 4 is 0 Å². The molecular formula is C15H20FN3O. The average Bonchev–Trinajstić information content (AvgIpc) is 3.13. The zero-order valence-electron chi connectivity index (χ0n) is 11.5. The van der Waals surface area contributed by atoms with Crippen molar-refractivity contribution in [3.05, 3.63) is 29.8 Å². The summed E-state index contributed by atoms with van der Waals surface area (Å²) in [7, 11) is 0. The van der Waals surface area contributed by atoms with Crippen LogP contribution >= 0.6 is 0 Å². The van der Waals surface area contributed by atoms with E-state index in [2.05, 4.69) is 15.0 Å². The van der Waals surface area contributed by atoms with Crippen molar-refractivity contribution in [3.8, 4) is 0 Å². The van der Waals surface area contributed by atoms with Gasteiger partial charge in [-0.25, -0.2) is 14.4 Å². The highest BCUT2D eigenvalue weighted by molar-refractivity contribution is 5.17. The molecule has 1 aromatic rings. The molecule has 0 radical (unpaired) electrons. The summed E-state index contributed by atoms with van der Waals surface area (Å²) in [5.74, 6) is -0.300. The van der Waals surface area contributed by atoms with Crippen LogP contribution in [0.15, 0.2) is 18.5 Å². The average molecular weight is 277 g/mol. The third-order valence-electron chi connectivity index (χ3n) is 5.20. The highest BCUT2D eigenvalue weighted by Gasteiger charge is 2.55. The van der Waals surface area contributed by atoms with Gasteiger partial charge in [0.05, 0.1) is 12.2 Å². The first kappa shape index (κ1) is 12.7. The summed E-state index contributed by atoms with van der Waals surface area (Å²) >= 11 is 0. The molecule has 2 atom stereocenters. The Kier molecular flexibility index (Phi) is 2.84. The second kappa shape index (κ2) is 4.48. The van der Waals surface area contributed by atoms with E-state index >= 15 is 0 Å². The van der Waals surface area contributed by atoms with Gasteiger partial charge < -0.3 is 5.11 Å². The lowest BCUT2D eigenvalue weighted by molar-refractivity contribution is -0.151. The molecule has 3 heterocycles. The van der Waals surface area contributed by atoms with Crippen LogP contribution in [0.2, 0.25) is 0 Å². The molecule has 3 aliphatic rings. The lowest BCUT2D eigenvalue weighted by atomic mass is 9.96. The largest absolute Gasteiger partial charge is 0.377 e. The predicted molar refractivity (Wildman–Crippen MR) is 71.9 cm³/mol. The van der Waals surface area contributed by atoms with Crippen LogP contribution in [0.3, 0.4) is 0 Å². The number of hydrogen-bond donors (Lipinski definition) is 1. The molecule has 0 aromatic carbocycles. The van der Waals surface area contributed by atoms with Crippen molar-refractivity contribution in [1.29, 1.82) is 0 Å². The normalized spacial score (nSPS) is 33.1. The Morgan fingerprint density at radius 3 is 2.85 bits per heavy atom. The zero-order chi connectivity index (χ0) is 13.7. The monoisotopic (exact) mass is 277 g/mol. The van der Waals surface area contributed by atoms with Gasteiger partial charge in [0.1, 0.15) is 12.0 Å². The summed E-state index contributed by atoms with van der Waals surface area (Å²) < 4.78 is 13.4. The zero-order valence-corrected chi connectivity index (χ0v) is 11.5. The third kappa shape index (κ3) is 1.88. The Morgan fingerprint density at radius 1 is 1.25 bits per heavy atom. The van der Waals surface area contributed by atoms with Crippen LogP contribution in [0.4, 0.5) is 4.39 Å². The van der Waals surface area contributed by atoms with Gasteiger partial charge in [-0.2, -0.15) is 0 Å². The van der Waals surface area contributed by atoms with Gasteiger partial charge >= 0.3 is 0 Å². The summed E-state index contributed by atoms with van der Waals surface area (Å²) in [5.41, 5.74) is 0.974. The van der Waals surface area contributed by atoms with Crippen molar-refractivity contribution in [2.24, 2.45) is 5.41 Å². The molecular weight excluding hydrogens is 257 g/mol. The fourth-order valence-corrected chi connectivity index (χ4v) is 3.89. The quantitative estimate of drug-likeness (QED) is 0.853. The third-order valence-corrected chi connectivity index (χ3v) is 5.20. The lowest BCUT2D eigenvalue weighted by Crippen LogP contribution is -2.47. The Morgan fingerprint density at radius 2 is 2.10 bits per heavy atom. The Balaban J connectivity index is 1.68. The molecule has 2 aliphatic heterocycles. The van der Waals surface area contributed by atoms with Crippen molar-refractivity contribution < 1.29 is 9.50 Å². The standard InChI is InChI=1S/C15H20FN3O/c16-12-8-11(9-17-10-12)13-2-7-18-6-1-3-15(4-5-15)14(20)19(13)18/h8-10,13-14,20H,1-7H2/t13-,14?/m1/s1. The summed E-state index contributed by atoms with van der Waals surface area (Å²) in [6, 6.07) is 1.61. The highest BCUT2D eigenvalue weighted by atomic mass is 19.1. The minimum atomic E-state index is -0.430. The van der Waals surface area contributed by atoms with E-state index in [0.717, 1.165) is 50.8 Å². The van der Waals surface area contributed by atoms with E-state index in [0.29, 0.717) is 0 Å². The van der Waals surface area contributed by atoms with E-state index in [1.54, 1.807) is 12.3 Å². The molecule has 1 aliphatic carbocycles. The molecule has 5 heteroatoms. The van der Waals surface area contributed by atoms with Crippen LogP contribution in [0.5, 0.6) is 0 Å². The fourth-order valence-electron chi connectivity index (χ4n) is 3.89. The molecule has 108 valence electrons. The number of nitrogens with zero attached hydrogens (tertiary/aromatic N) is 3. The number of rotatable bonds is 1. The van der Waals surface area contributed by atoms with Crippen LogP contribution in [-0.4, -0.2) is 39.4 Å². The van der Waals surface area contributed by atoms with E-state index in [1.807, 2.05) is 0 Å². The van der Waals surface area contributed by atoms with Crippen molar-refractivity contribution in [1.82, 2.24) is 15.0 Å². The van der Waals surface area contributed by atoms with Gasteiger partial charge in [0, 0.05) is 24.7 Å². The predicted octanol–water partition coefficient (Wildman–Crippen LogP) is 2.08. The Bertz CT molecular complexity index is 520. The first-order valence-corrected chi connectivity index (χ1v) is 7.51. The van der Waals surface area contributed by atoms with Crippen LogP contribution in [-0.2, 0) is 0 Å². The number of fused-ring (bicyclic) bond motifs is 1. The SMILES string of the molecule is OC1N2[C@@H](c3cncc(F)c3)CCN2CCCC12CC2. The van der Waals surface area contributed by atoms with E-state index < -0.39 is 6.23 Å². The van der Waals surface area contributed by atoms with Gasteiger partial charge in [-0.3, -0.25) is 4.98 Å². The van der Waals surface area contributed by atoms with Gasteiger partial charge in [0.2, 0.25) is 0 Å². The van der Waals surface area contributed by atoms with Gasteiger partial charge in [-0.1, -0.05) is 0 Å². The summed E-state index contributed by atoms with van der Waals surface area (Å²) in [6.07, 6.45) is 7.95. The second-order valence-electron chi connectivity index (χ2n) is 6.41. The molecule has 1 aromatic heterocycles. The number of pyridine rings is 1. The van der Waals surface area contributed by atoms with Gasteiger partial charge in [0.25, 0.3) is 0 Å². The molecule has 1 spiro atoms. The number of aromatic nitrogens is 1.